The number of piperidine rings is 1. The summed E-state index contributed by atoms with van der Waals surface area (Å²) in [6.07, 6.45) is 5.53. The second-order valence-corrected chi connectivity index (χ2v) is 7.46. The van der Waals surface area contributed by atoms with Gasteiger partial charge in [-0.25, -0.2) is 4.79 Å². The van der Waals surface area contributed by atoms with Crippen molar-refractivity contribution in [3.05, 3.63) is 76.4 Å². The molecule has 26 heavy (non-hydrogen) atoms. The number of nitrogens with one attached hydrogen (secondary N) is 2. The van der Waals surface area contributed by atoms with E-state index in [9.17, 15) is 4.79 Å². The molecule has 4 nitrogen and oxygen atoms in total. The molecule has 0 aliphatic carbocycles. The summed E-state index contributed by atoms with van der Waals surface area (Å²) in [6.45, 7) is 3.00. The van der Waals surface area contributed by atoms with E-state index in [4.69, 9.17) is 0 Å². The zero-order chi connectivity index (χ0) is 18.2. The highest BCUT2D eigenvalue weighted by molar-refractivity contribution is 9.10. The van der Waals surface area contributed by atoms with E-state index in [1.807, 2.05) is 36.4 Å². The maximum atomic E-state index is 12.0. The Labute approximate surface area is 163 Å². The smallest absolute Gasteiger partial charge is 0.318 e. The van der Waals surface area contributed by atoms with Crippen molar-refractivity contribution in [3.63, 3.8) is 0 Å². The molecule has 2 amide bonds. The van der Waals surface area contributed by atoms with Crippen molar-refractivity contribution >= 4 is 28.0 Å². The standard InChI is InChI=1S/C21H24BrN3O/c22-19-8-4-7-17(15-19)9-12-23-21(26)24-20-10-13-25(14-11-20)16-18-5-2-1-3-6-18/h1-9,12,15,20H,10-11,13-14,16H2,(H2,23,24,26)/b12-9+. The van der Waals surface area contributed by atoms with Crippen LogP contribution in [0.15, 0.2) is 65.3 Å². The van der Waals surface area contributed by atoms with E-state index in [1.54, 1.807) is 6.20 Å². The summed E-state index contributed by atoms with van der Waals surface area (Å²) >= 11 is 3.44. The molecule has 3 rings (SSSR count). The minimum Gasteiger partial charge on any atom is -0.335 e. The van der Waals surface area contributed by atoms with Crippen LogP contribution in [0.25, 0.3) is 6.08 Å². The monoisotopic (exact) mass is 413 g/mol. The molecule has 1 fully saturated rings. The lowest BCUT2D eigenvalue weighted by molar-refractivity contribution is 0.187. The highest BCUT2D eigenvalue weighted by atomic mass is 79.9. The normalized spacial score (nSPS) is 15.9. The molecule has 0 bridgehead atoms. The number of rotatable bonds is 5. The lowest BCUT2D eigenvalue weighted by Crippen LogP contribution is -2.46. The third-order valence-electron chi connectivity index (χ3n) is 4.51. The number of benzene rings is 2. The Morgan fingerprint density at radius 1 is 1.12 bits per heavy atom. The SMILES string of the molecule is O=C(N/C=C/c1cccc(Br)c1)NC1CCN(Cc2ccccc2)CC1. The first-order valence-electron chi connectivity index (χ1n) is 8.94. The number of hydrogen-bond acceptors (Lipinski definition) is 2. The molecule has 0 aromatic heterocycles. The van der Waals surface area contributed by atoms with Gasteiger partial charge in [-0.2, -0.15) is 0 Å². The molecule has 1 aliphatic heterocycles. The van der Waals surface area contributed by atoms with E-state index in [2.05, 4.69) is 55.7 Å². The van der Waals surface area contributed by atoms with Gasteiger partial charge >= 0.3 is 6.03 Å². The van der Waals surface area contributed by atoms with Gasteiger partial charge in [-0.15, -0.1) is 0 Å². The Morgan fingerprint density at radius 3 is 2.62 bits per heavy atom. The van der Waals surface area contributed by atoms with E-state index in [1.165, 1.54) is 5.56 Å². The van der Waals surface area contributed by atoms with Gasteiger partial charge < -0.3 is 10.6 Å². The second kappa shape index (κ2) is 9.55. The molecule has 1 heterocycles. The molecule has 1 saturated heterocycles. The van der Waals surface area contributed by atoms with Crippen LogP contribution < -0.4 is 10.6 Å². The van der Waals surface area contributed by atoms with E-state index in [0.717, 1.165) is 42.5 Å². The van der Waals surface area contributed by atoms with Crippen molar-refractivity contribution in [1.29, 1.82) is 0 Å². The third kappa shape index (κ3) is 6.00. The van der Waals surface area contributed by atoms with Gasteiger partial charge in [0.25, 0.3) is 0 Å². The second-order valence-electron chi connectivity index (χ2n) is 6.54. The maximum Gasteiger partial charge on any atom is 0.318 e. The summed E-state index contributed by atoms with van der Waals surface area (Å²) in [7, 11) is 0. The Balaban J connectivity index is 1.38. The van der Waals surface area contributed by atoms with Crippen LogP contribution >= 0.6 is 15.9 Å². The van der Waals surface area contributed by atoms with Crippen molar-refractivity contribution in [2.24, 2.45) is 0 Å². The predicted octanol–water partition coefficient (Wildman–Crippen LogP) is 4.38. The Kier molecular flexibility index (Phi) is 6.86. The number of carbonyl (C=O) groups excluding carboxylic acids is 1. The number of urea groups is 1. The zero-order valence-electron chi connectivity index (χ0n) is 14.7. The van der Waals surface area contributed by atoms with Gasteiger partial charge in [-0.1, -0.05) is 58.4 Å². The predicted molar refractivity (Wildman–Crippen MR) is 110 cm³/mol. The number of likely N-dealkylation sites (tertiary alicyclic amines) is 1. The minimum atomic E-state index is -0.141. The summed E-state index contributed by atoms with van der Waals surface area (Å²) in [5.41, 5.74) is 2.38. The first kappa shape index (κ1) is 18.7. The summed E-state index contributed by atoms with van der Waals surface area (Å²) in [6, 6.07) is 18.6. The van der Waals surface area contributed by atoms with Crippen molar-refractivity contribution < 1.29 is 4.79 Å². The third-order valence-corrected chi connectivity index (χ3v) is 5.00. The maximum absolute atomic E-state index is 12.0. The molecular weight excluding hydrogens is 390 g/mol. The van der Waals surface area contributed by atoms with Crippen LogP contribution in [-0.2, 0) is 6.54 Å². The van der Waals surface area contributed by atoms with Crippen molar-refractivity contribution in [1.82, 2.24) is 15.5 Å². The van der Waals surface area contributed by atoms with Crippen molar-refractivity contribution in [2.45, 2.75) is 25.4 Å². The highest BCUT2D eigenvalue weighted by Gasteiger charge is 2.20. The molecule has 0 saturated carbocycles. The number of hydrogen-bond donors (Lipinski definition) is 2. The molecule has 0 radical (unpaired) electrons. The van der Waals surface area contributed by atoms with Crippen LogP contribution in [0.3, 0.4) is 0 Å². The zero-order valence-corrected chi connectivity index (χ0v) is 16.3. The number of halogens is 1. The molecule has 2 N–H and O–H groups in total. The average molecular weight is 414 g/mol. The van der Waals surface area contributed by atoms with Crippen LogP contribution in [0.1, 0.15) is 24.0 Å². The Bertz CT molecular complexity index is 740. The van der Waals surface area contributed by atoms with Crippen molar-refractivity contribution in [2.75, 3.05) is 13.1 Å². The quantitative estimate of drug-likeness (QED) is 0.763. The number of nitrogens with zero attached hydrogens (tertiary/aromatic N) is 1. The molecule has 136 valence electrons. The van der Waals surface area contributed by atoms with E-state index in [-0.39, 0.29) is 12.1 Å². The number of carbonyl (C=O) groups is 1. The molecule has 1 aliphatic rings. The van der Waals surface area contributed by atoms with E-state index >= 15 is 0 Å². The molecule has 5 heteroatoms. The summed E-state index contributed by atoms with van der Waals surface area (Å²) in [4.78, 5) is 14.5. The summed E-state index contributed by atoms with van der Waals surface area (Å²) in [5, 5.41) is 5.85. The van der Waals surface area contributed by atoms with Gasteiger partial charge in [0.1, 0.15) is 0 Å². The summed E-state index contributed by atoms with van der Waals surface area (Å²) in [5.74, 6) is 0. The Hall–Kier alpha value is -2.11. The topological polar surface area (TPSA) is 44.4 Å². The fourth-order valence-electron chi connectivity index (χ4n) is 3.13. The fourth-order valence-corrected chi connectivity index (χ4v) is 3.54. The highest BCUT2D eigenvalue weighted by Crippen LogP contribution is 2.14. The largest absolute Gasteiger partial charge is 0.335 e. The molecule has 0 spiro atoms. The lowest BCUT2D eigenvalue weighted by atomic mass is 10.0. The van der Waals surface area contributed by atoms with Crippen molar-refractivity contribution in [3.8, 4) is 0 Å². The van der Waals surface area contributed by atoms with Crippen LogP contribution in [-0.4, -0.2) is 30.1 Å². The van der Waals surface area contributed by atoms with Gasteiger partial charge in [-0.05, 0) is 42.2 Å². The number of amides is 2. The van der Waals surface area contributed by atoms with Gasteiger partial charge in [-0.3, -0.25) is 4.90 Å². The van der Waals surface area contributed by atoms with E-state index in [0.29, 0.717) is 0 Å². The van der Waals surface area contributed by atoms with Crippen LogP contribution in [0.2, 0.25) is 0 Å². The molecule has 0 atom stereocenters. The lowest BCUT2D eigenvalue weighted by Gasteiger charge is -2.32. The molecular formula is C21H24BrN3O. The van der Waals surface area contributed by atoms with Gasteiger partial charge in [0.05, 0.1) is 0 Å². The minimum absolute atomic E-state index is 0.141. The first-order chi connectivity index (χ1) is 12.7. The Morgan fingerprint density at radius 2 is 1.88 bits per heavy atom. The molecule has 2 aromatic carbocycles. The van der Waals surface area contributed by atoms with Crippen LogP contribution in [0.5, 0.6) is 0 Å². The first-order valence-corrected chi connectivity index (χ1v) is 9.74. The fraction of sp³-hybridized carbons (Fsp3) is 0.286. The van der Waals surface area contributed by atoms with Gasteiger partial charge in [0.2, 0.25) is 0 Å². The van der Waals surface area contributed by atoms with Crippen LogP contribution in [0, 0.1) is 0 Å². The average Bonchev–Trinajstić information content (AvgIpc) is 2.64. The van der Waals surface area contributed by atoms with Gasteiger partial charge in [0, 0.05) is 36.3 Å². The van der Waals surface area contributed by atoms with Gasteiger partial charge in [0.15, 0.2) is 0 Å². The molecule has 2 aromatic rings. The molecule has 0 unspecified atom stereocenters. The van der Waals surface area contributed by atoms with Crippen LogP contribution in [0.4, 0.5) is 4.79 Å². The van der Waals surface area contributed by atoms with E-state index < -0.39 is 0 Å². The summed E-state index contributed by atoms with van der Waals surface area (Å²) < 4.78 is 1.02.